The zero-order chi connectivity index (χ0) is 13.8. The van der Waals surface area contributed by atoms with E-state index in [1.165, 1.54) is 4.57 Å². The number of aromatic nitrogens is 2. The van der Waals surface area contributed by atoms with Crippen molar-refractivity contribution >= 4 is 11.8 Å². The molecule has 0 unspecified atom stereocenters. The average Bonchev–Trinajstić information content (AvgIpc) is 2.62. The number of hydrogen-bond acceptors (Lipinski definition) is 6. The third-order valence-corrected chi connectivity index (χ3v) is 5.07. The molecule has 2 aliphatic rings. The van der Waals surface area contributed by atoms with Crippen molar-refractivity contribution < 1.29 is 14.9 Å². The lowest BCUT2D eigenvalue weighted by atomic mass is 10.2. The Labute approximate surface area is 112 Å². The van der Waals surface area contributed by atoms with Gasteiger partial charge in [0.25, 0.3) is 5.56 Å². The van der Waals surface area contributed by atoms with Gasteiger partial charge in [-0.15, -0.1) is 0 Å². The number of nitrogens with one attached hydrogen (secondary N) is 1. The summed E-state index contributed by atoms with van der Waals surface area (Å²) in [6, 6.07) is 0. The molecule has 8 heteroatoms. The average molecular weight is 286 g/mol. The number of rotatable bonds is 2. The molecular weight excluding hydrogens is 272 g/mol. The van der Waals surface area contributed by atoms with Crippen molar-refractivity contribution in [1.82, 2.24) is 9.55 Å². The van der Waals surface area contributed by atoms with Crippen molar-refractivity contribution in [2.24, 2.45) is 0 Å². The number of aromatic amines is 1. The van der Waals surface area contributed by atoms with Crippen LogP contribution >= 0.6 is 11.8 Å². The van der Waals surface area contributed by atoms with Crippen LogP contribution in [0, 0.1) is 0 Å². The Balaban J connectivity index is 2.27. The quantitative estimate of drug-likeness (QED) is 0.613. The summed E-state index contributed by atoms with van der Waals surface area (Å²) in [5.74, 6) is 0. The summed E-state index contributed by atoms with van der Waals surface area (Å²) in [5, 5.41) is 20.0. The topological polar surface area (TPSA) is 105 Å². The molecule has 0 aromatic carbocycles. The molecule has 104 valence electrons. The van der Waals surface area contributed by atoms with Gasteiger partial charge < -0.3 is 14.9 Å². The van der Waals surface area contributed by atoms with E-state index in [1.54, 1.807) is 0 Å². The zero-order valence-electron chi connectivity index (χ0n) is 10.3. The predicted molar refractivity (Wildman–Crippen MR) is 67.1 cm³/mol. The van der Waals surface area contributed by atoms with E-state index in [9.17, 15) is 19.8 Å². The number of ether oxygens (including phenoxy) is 1. The van der Waals surface area contributed by atoms with Crippen LogP contribution in [0.1, 0.15) is 25.1 Å². The molecule has 1 aromatic heterocycles. The second kappa shape index (κ2) is 4.20. The fraction of sp³-hybridized carbons (Fsp3) is 0.636. The van der Waals surface area contributed by atoms with Crippen LogP contribution in [-0.2, 0) is 11.2 Å². The lowest BCUT2D eigenvalue weighted by Crippen LogP contribution is -2.45. The van der Waals surface area contributed by atoms with E-state index in [2.05, 4.69) is 4.98 Å². The molecule has 0 spiro atoms. The van der Waals surface area contributed by atoms with E-state index in [1.807, 2.05) is 6.92 Å². The first-order valence-corrected chi connectivity index (χ1v) is 6.87. The smallest absolute Gasteiger partial charge is 0.331 e. The normalized spacial score (nSPS) is 32.4. The highest BCUT2D eigenvalue weighted by Crippen LogP contribution is 2.51. The first-order valence-electron chi connectivity index (χ1n) is 6.06. The van der Waals surface area contributed by atoms with E-state index < -0.39 is 28.5 Å². The molecule has 3 N–H and O–H groups in total. The van der Waals surface area contributed by atoms with Crippen molar-refractivity contribution in [3.8, 4) is 0 Å². The highest BCUT2D eigenvalue weighted by atomic mass is 32.2. The highest BCUT2D eigenvalue weighted by Gasteiger charge is 2.54. The Morgan fingerprint density at radius 1 is 1.58 bits per heavy atom. The Bertz CT molecular complexity index is 639. The van der Waals surface area contributed by atoms with E-state index in [0.29, 0.717) is 17.0 Å². The number of thioether (sulfide) groups is 1. The monoisotopic (exact) mass is 286 g/mol. The van der Waals surface area contributed by atoms with Crippen LogP contribution in [-0.4, -0.2) is 37.4 Å². The molecule has 0 saturated carbocycles. The van der Waals surface area contributed by atoms with Crippen molar-refractivity contribution in [3.05, 3.63) is 26.4 Å². The second-order valence-electron chi connectivity index (χ2n) is 4.66. The number of aliphatic hydroxyl groups is 2. The molecule has 1 aromatic rings. The minimum absolute atomic E-state index is 0.218. The fourth-order valence-corrected chi connectivity index (χ4v) is 4.01. The van der Waals surface area contributed by atoms with Gasteiger partial charge in [0.2, 0.25) is 0 Å². The van der Waals surface area contributed by atoms with Gasteiger partial charge in [0.15, 0.2) is 4.93 Å². The second-order valence-corrected chi connectivity index (χ2v) is 5.94. The summed E-state index contributed by atoms with van der Waals surface area (Å²) in [7, 11) is 0. The van der Waals surface area contributed by atoms with Gasteiger partial charge in [0, 0.05) is 12.0 Å². The van der Waals surface area contributed by atoms with Crippen LogP contribution in [0.15, 0.2) is 14.6 Å². The summed E-state index contributed by atoms with van der Waals surface area (Å²) in [6.45, 7) is 1.44. The summed E-state index contributed by atoms with van der Waals surface area (Å²) in [6.07, 6.45) is -0.850. The molecule has 2 bridgehead atoms. The third-order valence-electron chi connectivity index (χ3n) is 3.59. The van der Waals surface area contributed by atoms with Crippen molar-refractivity contribution in [1.29, 1.82) is 0 Å². The van der Waals surface area contributed by atoms with Crippen LogP contribution < -0.4 is 11.2 Å². The lowest BCUT2D eigenvalue weighted by molar-refractivity contribution is -0.0790. The van der Waals surface area contributed by atoms with Crippen molar-refractivity contribution in [3.63, 3.8) is 0 Å². The molecule has 1 fully saturated rings. The molecule has 1 saturated heterocycles. The number of fused-ring (bicyclic) bond motifs is 4. The molecule has 3 atom stereocenters. The van der Waals surface area contributed by atoms with Crippen LogP contribution in [0.2, 0.25) is 0 Å². The zero-order valence-corrected chi connectivity index (χ0v) is 11.1. The first kappa shape index (κ1) is 12.9. The van der Waals surface area contributed by atoms with Crippen LogP contribution in [0.25, 0.3) is 0 Å². The van der Waals surface area contributed by atoms with E-state index in [4.69, 9.17) is 4.74 Å². The van der Waals surface area contributed by atoms with Crippen LogP contribution in [0.4, 0.5) is 0 Å². The van der Waals surface area contributed by atoms with Gasteiger partial charge in [0.1, 0.15) is 6.23 Å². The number of H-pyrrole nitrogens is 1. The number of aliphatic hydroxyl groups excluding tert-OH is 2. The summed E-state index contributed by atoms with van der Waals surface area (Å²) >= 11 is 1.05. The Kier molecular flexibility index (Phi) is 2.86. The van der Waals surface area contributed by atoms with Gasteiger partial charge in [0.05, 0.1) is 17.7 Å². The number of hydrogen-bond donors (Lipinski definition) is 3. The van der Waals surface area contributed by atoms with E-state index >= 15 is 0 Å². The maximum Gasteiger partial charge on any atom is 0.331 e. The van der Waals surface area contributed by atoms with Gasteiger partial charge in [-0.3, -0.25) is 14.3 Å². The van der Waals surface area contributed by atoms with Gasteiger partial charge in [-0.05, 0) is 6.42 Å². The van der Waals surface area contributed by atoms with Gasteiger partial charge >= 0.3 is 5.69 Å². The SMILES string of the molecule is CCc1c2n(c(=O)[nH]c1=O)[C@H]1C[C@H](O)[C@@](CO)(O1)S2. The summed E-state index contributed by atoms with van der Waals surface area (Å²) in [4.78, 5) is 24.8. The Morgan fingerprint density at radius 3 is 2.95 bits per heavy atom. The minimum Gasteiger partial charge on any atom is -0.392 e. The minimum atomic E-state index is -1.17. The predicted octanol–water partition coefficient (Wildman–Crippen LogP) is -0.827. The molecule has 19 heavy (non-hydrogen) atoms. The lowest BCUT2D eigenvalue weighted by Gasteiger charge is -2.34. The standard InChI is InChI=1S/C11H14N2O5S/c1-2-5-8(16)12-10(17)13-7-3-6(15)11(4-14,18-7)19-9(5)13/h6-7,14-15H,2-4H2,1H3,(H,12,16,17)/t6-,7+,11-/m0/s1. The maximum absolute atomic E-state index is 11.9. The Hall–Kier alpha value is -1.09. The molecule has 3 rings (SSSR count). The molecule has 7 nitrogen and oxygen atoms in total. The molecule has 3 heterocycles. The van der Waals surface area contributed by atoms with E-state index in [-0.39, 0.29) is 13.0 Å². The number of nitrogens with zero attached hydrogens (tertiary/aromatic N) is 1. The van der Waals surface area contributed by atoms with Gasteiger partial charge in [-0.2, -0.15) is 0 Å². The third kappa shape index (κ3) is 1.64. The largest absolute Gasteiger partial charge is 0.392 e. The summed E-state index contributed by atoms with van der Waals surface area (Å²) in [5.41, 5.74) is -0.490. The van der Waals surface area contributed by atoms with Crippen LogP contribution in [0.3, 0.4) is 0 Å². The van der Waals surface area contributed by atoms with Gasteiger partial charge in [-0.1, -0.05) is 18.7 Å². The van der Waals surface area contributed by atoms with Crippen LogP contribution in [0.5, 0.6) is 0 Å². The molecule has 0 aliphatic carbocycles. The van der Waals surface area contributed by atoms with Crippen molar-refractivity contribution in [2.45, 2.75) is 42.1 Å². The highest BCUT2D eigenvalue weighted by molar-refractivity contribution is 8.00. The van der Waals surface area contributed by atoms with Gasteiger partial charge in [-0.25, -0.2) is 4.79 Å². The maximum atomic E-state index is 11.9. The fourth-order valence-electron chi connectivity index (χ4n) is 2.57. The first-order chi connectivity index (χ1) is 9.02. The Morgan fingerprint density at radius 2 is 2.32 bits per heavy atom. The molecule has 0 amide bonds. The molecule has 2 aliphatic heterocycles. The van der Waals surface area contributed by atoms with E-state index in [0.717, 1.165) is 11.8 Å². The molecule has 0 radical (unpaired) electrons. The summed E-state index contributed by atoms with van der Waals surface area (Å²) < 4.78 is 6.95. The molecular formula is C11H14N2O5S. The van der Waals surface area contributed by atoms with Crippen molar-refractivity contribution in [2.75, 3.05) is 6.61 Å².